The monoisotopic (exact) mass is 287 g/mol. The third kappa shape index (κ3) is 4.20. The van der Waals surface area contributed by atoms with E-state index in [-0.39, 0.29) is 18.1 Å². The number of nitrogens with one attached hydrogen (secondary N) is 1. The number of carbonyl (C=O) groups excluding carboxylic acids is 1. The van der Waals surface area contributed by atoms with Gasteiger partial charge in [-0.15, -0.1) is 0 Å². The summed E-state index contributed by atoms with van der Waals surface area (Å²) in [4.78, 5) is 13.7. The van der Waals surface area contributed by atoms with E-state index in [1.165, 1.54) is 0 Å². The van der Waals surface area contributed by atoms with Crippen molar-refractivity contribution in [1.82, 2.24) is 4.90 Å². The molecule has 0 bridgehead atoms. The lowest BCUT2D eigenvalue weighted by Crippen LogP contribution is -2.37. The SMILES string of the molecule is CN(CC1CCCC1O)C(=O)Nc1ccc(CC#N)cc1. The molecule has 5 nitrogen and oxygen atoms in total. The van der Waals surface area contributed by atoms with E-state index in [4.69, 9.17) is 5.26 Å². The molecule has 0 saturated heterocycles. The predicted molar refractivity (Wildman–Crippen MR) is 80.8 cm³/mol. The van der Waals surface area contributed by atoms with Crippen LogP contribution >= 0.6 is 0 Å². The van der Waals surface area contributed by atoms with Crippen molar-refractivity contribution < 1.29 is 9.90 Å². The van der Waals surface area contributed by atoms with Crippen LogP contribution in [-0.2, 0) is 6.42 Å². The Hall–Kier alpha value is -2.06. The van der Waals surface area contributed by atoms with Gasteiger partial charge in [-0.05, 0) is 30.5 Å². The molecule has 1 aliphatic carbocycles. The Morgan fingerprint density at radius 1 is 1.43 bits per heavy atom. The number of benzene rings is 1. The number of amides is 2. The zero-order valence-electron chi connectivity index (χ0n) is 12.2. The van der Waals surface area contributed by atoms with Crippen molar-refractivity contribution in [3.05, 3.63) is 29.8 Å². The Morgan fingerprint density at radius 3 is 2.71 bits per heavy atom. The van der Waals surface area contributed by atoms with Crippen molar-refractivity contribution in [2.24, 2.45) is 5.92 Å². The molecule has 0 aromatic heterocycles. The summed E-state index contributed by atoms with van der Waals surface area (Å²) in [6.07, 6.45) is 2.92. The van der Waals surface area contributed by atoms with Crippen LogP contribution in [-0.4, -0.2) is 35.7 Å². The molecule has 112 valence electrons. The zero-order chi connectivity index (χ0) is 15.2. The van der Waals surface area contributed by atoms with E-state index in [2.05, 4.69) is 11.4 Å². The second-order valence-corrected chi connectivity index (χ2v) is 5.60. The molecule has 0 heterocycles. The van der Waals surface area contributed by atoms with Crippen LogP contribution in [0.4, 0.5) is 10.5 Å². The normalized spacial score (nSPS) is 20.8. The van der Waals surface area contributed by atoms with E-state index in [9.17, 15) is 9.90 Å². The Labute approximate surface area is 125 Å². The predicted octanol–water partition coefficient (Wildman–Crippen LogP) is 2.38. The van der Waals surface area contributed by atoms with Gasteiger partial charge in [-0.3, -0.25) is 0 Å². The molecule has 1 aliphatic rings. The topological polar surface area (TPSA) is 76.4 Å². The summed E-state index contributed by atoms with van der Waals surface area (Å²) < 4.78 is 0. The lowest BCUT2D eigenvalue weighted by Gasteiger charge is -2.23. The lowest BCUT2D eigenvalue weighted by molar-refractivity contribution is 0.116. The van der Waals surface area contributed by atoms with E-state index in [0.29, 0.717) is 18.7 Å². The molecule has 2 amide bonds. The Kier molecular flexibility index (Phi) is 5.18. The molecular weight excluding hydrogens is 266 g/mol. The highest BCUT2D eigenvalue weighted by Gasteiger charge is 2.27. The number of nitrogens with zero attached hydrogens (tertiary/aromatic N) is 2. The molecule has 0 spiro atoms. The molecule has 0 radical (unpaired) electrons. The Balaban J connectivity index is 1.86. The van der Waals surface area contributed by atoms with Crippen LogP contribution in [0, 0.1) is 17.2 Å². The van der Waals surface area contributed by atoms with E-state index >= 15 is 0 Å². The van der Waals surface area contributed by atoms with Gasteiger partial charge in [-0.1, -0.05) is 18.6 Å². The molecule has 1 aromatic rings. The maximum atomic E-state index is 12.1. The molecule has 1 fully saturated rings. The molecule has 2 unspecified atom stereocenters. The van der Waals surface area contributed by atoms with Crippen LogP contribution in [0.5, 0.6) is 0 Å². The second kappa shape index (κ2) is 7.09. The number of aliphatic hydroxyl groups is 1. The minimum absolute atomic E-state index is 0.179. The number of aliphatic hydroxyl groups excluding tert-OH is 1. The summed E-state index contributed by atoms with van der Waals surface area (Å²) in [5.41, 5.74) is 1.64. The van der Waals surface area contributed by atoms with E-state index in [0.717, 1.165) is 24.8 Å². The third-order valence-electron chi connectivity index (χ3n) is 3.96. The van der Waals surface area contributed by atoms with Gasteiger partial charge in [0.25, 0.3) is 0 Å². The summed E-state index contributed by atoms with van der Waals surface area (Å²) in [5.74, 6) is 0.179. The molecule has 21 heavy (non-hydrogen) atoms. The van der Waals surface area contributed by atoms with Gasteiger partial charge in [0.15, 0.2) is 0 Å². The molecule has 5 heteroatoms. The van der Waals surface area contributed by atoms with Crippen molar-refractivity contribution >= 4 is 11.7 Å². The molecule has 2 atom stereocenters. The highest BCUT2D eigenvalue weighted by molar-refractivity contribution is 5.89. The first-order valence-corrected chi connectivity index (χ1v) is 7.26. The first-order valence-electron chi connectivity index (χ1n) is 7.26. The lowest BCUT2D eigenvalue weighted by atomic mass is 10.1. The number of anilines is 1. The average molecular weight is 287 g/mol. The fourth-order valence-corrected chi connectivity index (χ4v) is 2.68. The average Bonchev–Trinajstić information content (AvgIpc) is 2.86. The number of nitriles is 1. The number of rotatable bonds is 4. The number of hydrogen-bond donors (Lipinski definition) is 2. The zero-order valence-corrected chi connectivity index (χ0v) is 12.2. The van der Waals surface area contributed by atoms with Crippen molar-refractivity contribution in [3.8, 4) is 6.07 Å². The fourth-order valence-electron chi connectivity index (χ4n) is 2.68. The number of carbonyl (C=O) groups is 1. The van der Waals surface area contributed by atoms with Gasteiger partial charge >= 0.3 is 6.03 Å². The van der Waals surface area contributed by atoms with Crippen molar-refractivity contribution in [3.63, 3.8) is 0 Å². The maximum absolute atomic E-state index is 12.1. The molecular formula is C16H21N3O2. The minimum atomic E-state index is -0.287. The van der Waals surface area contributed by atoms with Crippen molar-refractivity contribution in [1.29, 1.82) is 5.26 Å². The molecule has 2 rings (SSSR count). The minimum Gasteiger partial charge on any atom is -0.393 e. The van der Waals surface area contributed by atoms with Crippen LogP contribution in [0.1, 0.15) is 24.8 Å². The van der Waals surface area contributed by atoms with Crippen LogP contribution in [0.25, 0.3) is 0 Å². The maximum Gasteiger partial charge on any atom is 0.321 e. The molecule has 1 aromatic carbocycles. The number of hydrogen-bond acceptors (Lipinski definition) is 3. The highest BCUT2D eigenvalue weighted by Crippen LogP contribution is 2.26. The van der Waals surface area contributed by atoms with Gasteiger partial charge in [0.05, 0.1) is 18.6 Å². The van der Waals surface area contributed by atoms with Crippen LogP contribution in [0.2, 0.25) is 0 Å². The van der Waals surface area contributed by atoms with E-state index in [1.807, 2.05) is 12.1 Å². The molecule has 1 saturated carbocycles. The largest absolute Gasteiger partial charge is 0.393 e. The summed E-state index contributed by atoms with van der Waals surface area (Å²) in [6.45, 7) is 0.569. The van der Waals surface area contributed by atoms with Crippen molar-refractivity contribution in [2.75, 3.05) is 18.9 Å². The third-order valence-corrected chi connectivity index (χ3v) is 3.96. The molecule has 2 N–H and O–H groups in total. The van der Waals surface area contributed by atoms with Crippen LogP contribution < -0.4 is 5.32 Å². The quantitative estimate of drug-likeness (QED) is 0.892. The Bertz CT molecular complexity index is 521. The van der Waals surface area contributed by atoms with Gasteiger partial charge in [-0.25, -0.2) is 4.79 Å². The van der Waals surface area contributed by atoms with Gasteiger partial charge < -0.3 is 15.3 Å². The highest BCUT2D eigenvalue weighted by atomic mass is 16.3. The summed E-state index contributed by atoms with van der Waals surface area (Å²) in [6, 6.07) is 9.16. The standard InChI is InChI=1S/C16H21N3O2/c1-19(11-13-3-2-4-15(13)20)16(21)18-14-7-5-12(6-8-14)9-10-17/h5-8,13,15,20H,2-4,9,11H2,1H3,(H,18,21). The molecule has 0 aliphatic heterocycles. The first kappa shape index (κ1) is 15.3. The van der Waals surface area contributed by atoms with Crippen LogP contribution in [0.3, 0.4) is 0 Å². The van der Waals surface area contributed by atoms with Crippen molar-refractivity contribution in [2.45, 2.75) is 31.8 Å². The van der Waals surface area contributed by atoms with Gasteiger partial charge in [0.2, 0.25) is 0 Å². The smallest absolute Gasteiger partial charge is 0.321 e. The first-order chi connectivity index (χ1) is 10.1. The Morgan fingerprint density at radius 2 is 2.14 bits per heavy atom. The van der Waals surface area contributed by atoms with E-state index < -0.39 is 0 Å². The summed E-state index contributed by atoms with van der Waals surface area (Å²) in [7, 11) is 1.74. The summed E-state index contributed by atoms with van der Waals surface area (Å²) in [5, 5.41) is 21.2. The van der Waals surface area contributed by atoms with Gasteiger partial charge in [0.1, 0.15) is 0 Å². The van der Waals surface area contributed by atoms with Gasteiger partial charge in [0, 0.05) is 25.2 Å². The summed E-state index contributed by atoms with van der Waals surface area (Å²) >= 11 is 0. The van der Waals surface area contributed by atoms with E-state index in [1.54, 1.807) is 24.1 Å². The van der Waals surface area contributed by atoms with Gasteiger partial charge in [-0.2, -0.15) is 5.26 Å². The number of urea groups is 1. The van der Waals surface area contributed by atoms with Crippen LogP contribution in [0.15, 0.2) is 24.3 Å². The fraction of sp³-hybridized carbons (Fsp3) is 0.500. The second-order valence-electron chi connectivity index (χ2n) is 5.60.